The van der Waals surface area contributed by atoms with Crippen LogP contribution < -0.4 is 15.0 Å². The fourth-order valence-corrected chi connectivity index (χ4v) is 3.99. The molecule has 0 saturated carbocycles. The van der Waals surface area contributed by atoms with E-state index < -0.39 is 0 Å². The summed E-state index contributed by atoms with van der Waals surface area (Å²) in [6.45, 7) is 7.77. The van der Waals surface area contributed by atoms with Crippen molar-refractivity contribution in [2.45, 2.75) is 39.2 Å². The van der Waals surface area contributed by atoms with Gasteiger partial charge in [0.25, 0.3) is 0 Å². The lowest BCUT2D eigenvalue weighted by atomic mass is 9.94. The molecule has 2 unspecified atom stereocenters. The third-order valence-electron chi connectivity index (χ3n) is 5.22. The summed E-state index contributed by atoms with van der Waals surface area (Å²) < 4.78 is 5.49. The second kappa shape index (κ2) is 8.54. The second-order valence-corrected chi connectivity index (χ2v) is 6.93. The number of benzene rings is 1. The number of nitrogens with zero attached hydrogens (tertiary/aromatic N) is 2. The highest BCUT2D eigenvalue weighted by Crippen LogP contribution is 2.35. The van der Waals surface area contributed by atoms with Crippen molar-refractivity contribution < 1.29 is 14.3 Å². The maximum absolute atomic E-state index is 13.0. The number of amides is 2. The first-order chi connectivity index (χ1) is 12.7. The van der Waals surface area contributed by atoms with Gasteiger partial charge in [-0.2, -0.15) is 0 Å². The Balaban J connectivity index is 1.80. The summed E-state index contributed by atoms with van der Waals surface area (Å²) in [6.07, 6.45) is 2.08. The number of hydrogen-bond acceptors (Lipinski definition) is 4. The number of anilines is 1. The Bertz CT molecular complexity index is 626. The van der Waals surface area contributed by atoms with Crippen LogP contribution in [0.15, 0.2) is 24.3 Å². The van der Waals surface area contributed by atoms with Gasteiger partial charge < -0.3 is 19.9 Å². The van der Waals surface area contributed by atoms with E-state index >= 15 is 0 Å². The van der Waals surface area contributed by atoms with Crippen LogP contribution in [0, 0.1) is 5.92 Å². The molecule has 2 saturated heterocycles. The fraction of sp³-hybridized carbons (Fsp3) is 0.600. The molecule has 6 nitrogen and oxygen atoms in total. The molecule has 0 aromatic heterocycles. The molecule has 1 N–H and O–H groups in total. The van der Waals surface area contributed by atoms with E-state index in [4.69, 9.17) is 4.74 Å². The average Bonchev–Trinajstić information content (AvgIpc) is 2.99. The van der Waals surface area contributed by atoms with Crippen molar-refractivity contribution in [2.75, 3.05) is 37.7 Å². The molecule has 0 spiro atoms. The quantitative estimate of drug-likeness (QED) is 0.844. The number of carbonyl (C=O) groups excluding carboxylic acids is 2. The predicted octanol–water partition coefficient (Wildman–Crippen LogP) is 2.04. The van der Waals surface area contributed by atoms with Crippen LogP contribution in [-0.2, 0) is 9.59 Å². The third kappa shape index (κ3) is 3.85. The monoisotopic (exact) mass is 359 g/mol. The molecule has 142 valence electrons. The minimum Gasteiger partial charge on any atom is -0.494 e. The summed E-state index contributed by atoms with van der Waals surface area (Å²) in [7, 11) is 0. The maximum atomic E-state index is 13.0. The summed E-state index contributed by atoms with van der Waals surface area (Å²) in [5, 5.41) is 3.27. The molecule has 2 fully saturated rings. The first-order valence-electron chi connectivity index (χ1n) is 9.70. The van der Waals surface area contributed by atoms with Crippen molar-refractivity contribution in [1.82, 2.24) is 10.2 Å². The Morgan fingerprint density at radius 3 is 2.50 bits per heavy atom. The molecule has 2 atom stereocenters. The summed E-state index contributed by atoms with van der Waals surface area (Å²) in [6, 6.07) is 7.56. The molecule has 0 aliphatic carbocycles. The van der Waals surface area contributed by atoms with Crippen molar-refractivity contribution in [3.05, 3.63) is 24.3 Å². The Morgan fingerprint density at radius 1 is 1.19 bits per heavy atom. The van der Waals surface area contributed by atoms with Gasteiger partial charge in [0.2, 0.25) is 11.8 Å². The van der Waals surface area contributed by atoms with Gasteiger partial charge in [-0.25, -0.2) is 0 Å². The van der Waals surface area contributed by atoms with E-state index in [1.54, 1.807) is 0 Å². The number of nitrogens with one attached hydrogen (secondary N) is 1. The summed E-state index contributed by atoms with van der Waals surface area (Å²) >= 11 is 0. The van der Waals surface area contributed by atoms with Crippen molar-refractivity contribution in [3.8, 4) is 5.75 Å². The van der Waals surface area contributed by atoms with Gasteiger partial charge in [-0.05, 0) is 37.6 Å². The topological polar surface area (TPSA) is 61.9 Å². The van der Waals surface area contributed by atoms with Crippen LogP contribution in [0.5, 0.6) is 5.75 Å². The molecule has 26 heavy (non-hydrogen) atoms. The zero-order chi connectivity index (χ0) is 18.5. The summed E-state index contributed by atoms with van der Waals surface area (Å²) in [4.78, 5) is 29.6. The van der Waals surface area contributed by atoms with Crippen LogP contribution in [0.3, 0.4) is 0 Å². The molecule has 2 aliphatic heterocycles. The number of rotatable bonds is 6. The zero-order valence-corrected chi connectivity index (χ0v) is 15.7. The third-order valence-corrected chi connectivity index (χ3v) is 5.22. The highest BCUT2D eigenvalue weighted by Gasteiger charge is 2.45. The SMILES string of the molecule is CCCC1C(C(=O)N2CCNCC2)CC(=O)N1c1ccc(OCC)cc1. The van der Waals surface area contributed by atoms with Crippen molar-refractivity contribution in [2.24, 2.45) is 5.92 Å². The van der Waals surface area contributed by atoms with Crippen LogP contribution in [0.25, 0.3) is 0 Å². The molecule has 6 heteroatoms. The lowest BCUT2D eigenvalue weighted by molar-refractivity contribution is -0.137. The first-order valence-corrected chi connectivity index (χ1v) is 9.70. The Labute approximate surface area is 155 Å². The van der Waals surface area contributed by atoms with Crippen LogP contribution in [0.1, 0.15) is 33.1 Å². The lowest BCUT2D eigenvalue weighted by Gasteiger charge is -2.33. The molecule has 1 aromatic carbocycles. The Hall–Kier alpha value is -2.08. The highest BCUT2D eigenvalue weighted by atomic mass is 16.5. The van der Waals surface area contributed by atoms with Crippen LogP contribution in [0.2, 0.25) is 0 Å². The van der Waals surface area contributed by atoms with Crippen molar-refractivity contribution >= 4 is 17.5 Å². The molecular formula is C20H29N3O3. The molecule has 3 rings (SSSR count). The van der Waals surface area contributed by atoms with Gasteiger partial charge in [0.15, 0.2) is 0 Å². The van der Waals surface area contributed by atoms with E-state index in [0.29, 0.717) is 13.0 Å². The van der Waals surface area contributed by atoms with E-state index in [1.165, 1.54) is 0 Å². The maximum Gasteiger partial charge on any atom is 0.228 e. The molecule has 2 aliphatic rings. The number of carbonyl (C=O) groups is 2. The zero-order valence-electron chi connectivity index (χ0n) is 15.7. The van der Waals surface area contributed by atoms with E-state index in [2.05, 4.69) is 12.2 Å². The van der Waals surface area contributed by atoms with Crippen molar-refractivity contribution in [3.63, 3.8) is 0 Å². The highest BCUT2D eigenvalue weighted by molar-refractivity contribution is 6.01. The average molecular weight is 359 g/mol. The number of ether oxygens (including phenoxy) is 1. The van der Waals surface area contributed by atoms with Gasteiger partial charge in [0.05, 0.1) is 12.5 Å². The van der Waals surface area contributed by atoms with Gasteiger partial charge in [-0.3, -0.25) is 9.59 Å². The van der Waals surface area contributed by atoms with Crippen molar-refractivity contribution in [1.29, 1.82) is 0 Å². The summed E-state index contributed by atoms with van der Waals surface area (Å²) in [5.74, 6) is 0.725. The van der Waals surface area contributed by atoms with Gasteiger partial charge in [-0.15, -0.1) is 0 Å². The minimum atomic E-state index is -0.243. The van der Waals surface area contributed by atoms with Crippen LogP contribution >= 0.6 is 0 Å². The largest absolute Gasteiger partial charge is 0.494 e. The van der Waals surface area contributed by atoms with E-state index in [-0.39, 0.29) is 23.8 Å². The van der Waals surface area contributed by atoms with E-state index in [9.17, 15) is 9.59 Å². The standard InChI is InChI=1S/C20H29N3O3/c1-3-5-18-17(20(25)22-12-10-21-11-13-22)14-19(24)23(18)15-6-8-16(9-7-15)26-4-2/h6-9,17-18,21H,3-5,10-14H2,1-2H3. The first kappa shape index (κ1) is 18.7. The number of piperazine rings is 1. The lowest BCUT2D eigenvalue weighted by Crippen LogP contribution is -2.50. The molecule has 2 heterocycles. The molecule has 2 amide bonds. The second-order valence-electron chi connectivity index (χ2n) is 6.93. The van der Waals surface area contributed by atoms with Gasteiger partial charge in [0.1, 0.15) is 5.75 Å². The predicted molar refractivity (Wildman–Crippen MR) is 101 cm³/mol. The van der Waals surface area contributed by atoms with Crippen LogP contribution in [-0.4, -0.2) is 55.5 Å². The molecule has 0 bridgehead atoms. The molecule has 0 radical (unpaired) electrons. The smallest absolute Gasteiger partial charge is 0.228 e. The van der Waals surface area contributed by atoms with E-state index in [0.717, 1.165) is 50.5 Å². The van der Waals surface area contributed by atoms with Gasteiger partial charge in [-0.1, -0.05) is 13.3 Å². The minimum absolute atomic E-state index is 0.0427. The molecule has 1 aromatic rings. The van der Waals surface area contributed by atoms with Gasteiger partial charge >= 0.3 is 0 Å². The normalized spacial score (nSPS) is 23.4. The van der Waals surface area contributed by atoms with Gasteiger partial charge in [0, 0.05) is 44.3 Å². The Kier molecular flexibility index (Phi) is 6.14. The van der Waals surface area contributed by atoms with Crippen LogP contribution in [0.4, 0.5) is 5.69 Å². The Morgan fingerprint density at radius 2 is 1.88 bits per heavy atom. The summed E-state index contributed by atoms with van der Waals surface area (Å²) in [5.41, 5.74) is 0.854. The fourth-order valence-electron chi connectivity index (χ4n) is 3.99. The number of hydrogen-bond donors (Lipinski definition) is 1. The van der Waals surface area contributed by atoms with E-state index in [1.807, 2.05) is 41.0 Å². The molecular weight excluding hydrogens is 330 g/mol.